The molecular formula is C9H12Br2N2. The van der Waals surface area contributed by atoms with Crippen molar-refractivity contribution in [3.8, 4) is 0 Å². The summed E-state index contributed by atoms with van der Waals surface area (Å²) < 4.78 is 0. The maximum Gasteiger partial charge on any atom is 0.0849 e. The van der Waals surface area contributed by atoms with E-state index >= 15 is 0 Å². The first-order chi connectivity index (χ1) is 6.29. The number of nitrogens with two attached hydrogens (primary N) is 1. The molecule has 0 saturated heterocycles. The highest BCUT2D eigenvalue weighted by Gasteiger charge is 2.12. The summed E-state index contributed by atoms with van der Waals surface area (Å²) in [6.07, 6.45) is -0.0556. The summed E-state index contributed by atoms with van der Waals surface area (Å²) in [5, 5.41) is 0. The fourth-order valence-electron chi connectivity index (χ4n) is 1.04. The highest BCUT2D eigenvalue weighted by molar-refractivity contribution is 9.09. The van der Waals surface area contributed by atoms with E-state index in [-0.39, 0.29) is 6.17 Å². The lowest BCUT2D eigenvalue weighted by atomic mass is 10.2. The summed E-state index contributed by atoms with van der Waals surface area (Å²) in [5.74, 6) is 0. The van der Waals surface area contributed by atoms with E-state index in [2.05, 4.69) is 36.8 Å². The molecule has 0 aromatic heterocycles. The molecule has 0 heterocycles. The number of rotatable bonds is 4. The van der Waals surface area contributed by atoms with Crippen LogP contribution in [0.5, 0.6) is 0 Å². The standard InChI is InChI=1S/C9H12Br2N2/c10-6-13(7-11)9(12)8-4-2-1-3-5-8/h1-5,9H,6-7,12H2. The highest BCUT2D eigenvalue weighted by Crippen LogP contribution is 2.16. The Morgan fingerprint density at radius 1 is 1.15 bits per heavy atom. The van der Waals surface area contributed by atoms with Gasteiger partial charge in [0.1, 0.15) is 0 Å². The van der Waals surface area contributed by atoms with E-state index < -0.39 is 0 Å². The predicted molar refractivity (Wildman–Crippen MR) is 62.8 cm³/mol. The van der Waals surface area contributed by atoms with Crippen LogP contribution in [0.25, 0.3) is 0 Å². The lowest BCUT2D eigenvalue weighted by Gasteiger charge is -2.24. The zero-order valence-electron chi connectivity index (χ0n) is 7.16. The van der Waals surface area contributed by atoms with Gasteiger partial charge in [0, 0.05) is 0 Å². The predicted octanol–water partition coefficient (Wildman–Crippen LogP) is 2.65. The van der Waals surface area contributed by atoms with Gasteiger partial charge < -0.3 is 5.73 Å². The van der Waals surface area contributed by atoms with Crippen molar-refractivity contribution >= 4 is 31.9 Å². The lowest BCUT2D eigenvalue weighted by molar-refractivity contribution is 0.288. The van der Waals surface area contributed by atoms with E-state index in [1.54, 1.807) is 0 Å². The van der Waals surface area contributed by atoms with E-state index in [0.717, 1.165) is 16.5 Å². The Morgan fingerprint density at radius 3 is 2.15 bits per heavy atom. The van der Waals surface area contributed by atoms with Gasteiger partial charge in [-0.05, 0) is 5.56 Å². The third-order valence-electron chi connectivity index (χ3n) is 1.84. The highest BCUT2D eigenvalue weighted by atomic mass is 79.9. The molecule has 2 N–H and O–H groups in total. The van der Waals surface area contributed by atoms with E-state index in [1.807, 2.05) is 30.3 Å². The van der Waals surface area contributed by atoms with Crippen LogP contribution in [0.15, 0.2) is 30.3 Å². The van der Waals surface area contributed by atoms with Crippen molar-refractivity contribution in [2.75, 3.05) is 10.9 Å². The first-order valence-electron chi connectivity index (χ1n) is 3.96. The number of nitrogens with zero attached hydrogens (tertiary/aromatic N) is 1. The van der Waals surface area contributed by atoms with Gasteiger partial charge in [0.2, 0.25) is 0 Å². The quantitative estimate of drug-likeness (QED) is 0.526. The molecule has 72 valence electrons. The van der Waals surface area contributed by atoms with Crippen LogP contribution in [0, 0.1) is 0 Å². The number of hydrogen-bond acceptors (Lipinski definition) is 2. The zero-order chi connectivity index (χ0) is 9.68. The van der Waals surface area contributed by atoms with Crippen LogP contribution in [0.2, 0.25) is 0 Å². The van der Waals surface area contributed by atoms with Crippen molar-refractivity contribution in [3.05, 3.63) is 35.9 Å². The fraction of sp³-hybridized carbons (Fsp3) is 0.333. The number of halogens is 2. The molecule has 0 bridgehead atoms. The first-order valence-corrected chi connectivity index (χ1v) is 6.20. The Bertz CT molecular complexity index is 237. The molecule has 0 spiro atoms. The minimum Gasteiger partial charge on any atom is -0.312 e. The van der Waals surface area contributed by atoms with E-state index in [1.165, 1.54) is 0 Å². The van der Waals surface area contributed by atoms with Gasteiger partial charge in [0.05, 0.1) is 17.1 Å². The van der Waals surface area contributed by atoms with E-state index in [9.17, 15) is 0 Å². The molecule has 1 unspecified atom stereocenters. The normalized spacial score (nSPS) is 13.2. The van der Waals surface area contributed by atoms with Gasteiger partial charge in [0.25, 0.3) is 0 Å². The third kappa shape index (κ3) is 3.06. The van der Waals surface area contributed by atoms with Gasteiger partial charge in [-0.3, -0.25) is 4.90 Å². The summed E-state index contributed by atoms with van der Waals surface area (Å²) in [6, 6.07) is 10.0. The molecule has 1 rings (SSSR count). The second-order valence-corrected chi connectivity index (χ2v) is 3.69. The summed E-state index contributed by atoms with van der Waals surface area (Å²) in [4.78, 5) is 2.06. The maximum absolute atomic E-state index is 6.03. The smallest absolute Gasteiger partial charge is 0.0849 e. The second-order valence-electron chi connectivity index (χ2n) is 2.68. The summed E-state index contributed by atoms with van der Waals surface area (Å²) in [5.41, 5.74) is 8.67. The van der Waals surface area contributed by atoms with Crippen molar-refractivity contribution in [3.63, 3.8) is 0 Å². The van der Waals surface area contributed by atoms with Crippen LogP contribution in [0.4, 0.5) is 0 Å². The molecule has 4 heteroatoms. The van der Waals surface area contributed by atoms with Crippen molar-refractivity contribution in [2.45, 2.75) is 6.17 Å². The van der Waals surface area contributed by atoms with E-state index in [4.69, 9.17) is 5.73 Å². The molecule has 0 saturated carbocycles. The molecule has 1 aromatic carbocycles. The molecular weight excluding hydrogens is 296 g/mol. The van der Waals surface area contributed by atoms with Crippen LogP contribution < -0.4 is 5.73 Å². The van der Waals surface area contributed by atoms with Crippen molar-refractivity contribution in [2.24, 2.45) is 5.73 Å². The van der Waals surface area contributed by atoms with Gasteiger partial charge in [-0.2, -0.15) is 0 Å². The molecule has 13 heavy (non-hydrogen) atoms. The van der Waals surface area contributed by atoms with Gasteiger partial charge in [0.15, 0.2) is 0 Å². The van der Waals surface area contributed by atoms with Gasteiger partial charge in [-0.15, -0.1) is 0 Å². The average Bonchev–Trinajstić information content (AvgIpc) is 2.21. The van der Waals surface area contributed by atoms with Crippen LogP contribution in [0.1, 0.15) is 11.7 Å². The Hall–Kier alpha value is 0.1000. The Morgan fingerprint density at radius 2 is 1.69 bits per heavy atom. The summed E-state index contributed by atoms with van der Waals surface area (Å²) in [6.45, 7) is 0. The van der Waals surface area contributed by atoms with Crippen molar-refractivity contribution in [1.82, 2.24) is 4.90 Å². The second kappa shape index (κ2) is 5.75. The van der Waals surface area contributed by atoms with Crippen LogP contribution >= 0.6 is 31.9 Å². The van der Waals surface area contributed by atoms with Crippen LogP contribution in [0.3, 0.4) is 0 Å². The number of alkyl halides is 2. The monoisotopic (exact) mass is 306 g/mol. The van der Waals surface area contributed by atoms with Crippen molar-refractivity contribution < 1.29 is 0 Å². The minimum atomic E-state index is -0.0556. The van der Waals surface area contributed by atoms with Gasteiger partial charge in [-0.1, -0.05) is 62.2 Å². The Labute approximate surface area is 95.4 Å². The zero-order valence-corrected chi connectivity index (χ0v) is 10.3. The maximum atomic E-state index is 6.03. The first kappa shape index (κ1) is 11.2. The largest absolute Gasteiger partial charge is 0.312 e. The lowest BCUT2D eigenvalue weighted by Crippen LogP contribution is -2.32. The molecule has 0 aliphatic rings. The minimum absolute atomic E-state index is 0.0556. The Kier molecular flexibility index (Phi) is 4.94. The molecule has 2 nitrogen and oxygen atoms in total. The van der Waals surface area contributed by atoms with E-state index in [0.29, 0.717) is 0 Å². The van der Waals surface area contributed by atoms with Gasteiger partial charge in [-0.25, -0.2) is 0 Å². The molecule has 0 aliphatic carbocycles. The topological polar surface area (TPSA) is 29.3 Å². The van der Waals surface area contributed by atoms with Gasteiger partial charge >= 0.3 is 0 Å². The Balaban J connectivity index is 2.72. The molecule has 0 radical (unpaired) electrons. The average molecular weight is 308 g/mol. The van der Waals surface area contributed by atoms with Crippen LogP contribution in [-0.2, 0) is 0 Å². The molecule has 1 atom stereocenters. The van der Waals surface area contributed by atoms with Crippen LogP contribution in [-0.4, -0.2) is 15.8 Å². The molecule has 0 aliphatic heterocycles. The summed E-state index contributed by atoms with van der Waals surface area (Å²) >= 11 is 6.78. The molecule has 0 fully saturated rings. The van der Waals surface area contributed by atoms with Crippen molar-refractivity contribution in [1.29, 1.82) is 0 Å². The summed E-state index contributed by atoms with van der Waals surface area (Å²) in [7, 11) is 0. The molecule has 1 aromatic rings. The molecule has 0 amide bonds. The number of hydrogen-bond donors (Lipinski definition) is 1. The third-order valence-corrected chi connectivity index (χ3v) is 3.13. The fourth-order valence-corrected chi connectivity index (χ4v) is 2.50. The number of benzene rings is 1. The SMILES string of the molecule is NC(c1ccccc1)N(CBr)CBr.